The van der Waals surface area contributed by atoms with Crippen LogP contribution in [0.25, 0.3) is 5.69 Å². The zero-order valence-electron chi connectivity index (χ0n) is 12.1. The van der Waals surface area contributed by atoms with E-state index in [4.69, 9.17) is 40.7 Å². The molecule has 0 atom stereocenters. The smallest absolute Gasteiger partial charge is 0.184 e. The van der Waals surface area contributed by atoms with E-state index in [1.165, 1.54) is 11.3 Å². The van der Waals surface area contributed by atoms with Crippen LogP contribution in [0.1, 0.15) is 11.1 Å². The molecule has 0 saturated carbocycles. The van der Waals surface area contributed by atoms with Crippen molar-refractivity contribution in [2.24, 2.45) is 0 Å². The second-order valence-electron chi connectivity index (χ2n) is 4.70. The van der Waals surface area contributed by atoms with Gasteiger partial charge in [-0.25, -0.2) is 4.68 Å². The first-order chi connectivity index (χ1) is 11.6. The van der Waals surface area contributed by atoms with Gasteiger partial charge in [0.15, 0.2) is 8.29 Å². The highest BCUT2D eigenvalue weighted by molar-refractivity contribution is 8.00. The van der Waals surface area contributed by atoms with Crippen molar-refractivity contribution in [2.75, 3.05) is 0 Å². The first kappa shape index (κ1) is 17.5. The molecule has 0 aliphatic rings. The number of nitrogens with zero attached hydrogens (tertiary/aromatic N) is 3. The van der Waals surface area contributed by atoms with Gasteiger partial charge in [0.1, 0.15) is 0 Å². The van der Waals surface area contributed by atoms with E-state index in [1.54, 1.807) is 28.6 Å². The van der Waals surface area contributed by atoms with E-state index in [1.807, 2.05) is 30.3 Å². The van der Waals surface area contributed by atoms with Gasteiger partial charge in [0.2, 0.25) is 0 Å². The molecule has 3 aromatic rings. The van der Waals surface area contributed by atoms with Gasteiger partial charge < -0.3 is 0 Å². The summed E-state index contributed by atoms with van der Waals surface area (Å²) in [6.45, 7) is 0. The molecule has 8 heteroatoms. The second-order valence-corrected chi connectivity index (χ2v) is 8.36. The molecule has 120 valence electrons. The number of aromatic nitrogens is 2. The summed E-state index contributed by atoms with van der Waals surface area (Å²) >= 11 is 20.4. The lowest BCUT2D eigenvalue weighted by molar-refractivity contribution is 0.829. The van der Waals surface area contributed by atoms with Gasteiger partial charge in [-0.15, -0.1) is 5.10 Å². The predicted molar refractivity (Wildman–Crippen MR) is 103 cm³/mol. The average molecular weight is 410 g/mol. The maximum atomic E-state index is 9.14. The Kier molecular flexibility index (Phi) is 5.59. The number of hydrogen-bond acceptors (Lipinski definition) is 5. The highest BCUT2D eigenvalue weighted by atomic mass is 35.5. The Morgan fingerprint density at radius 1 is 1.21 bits per heavy atom. The average Bonchev–Trinajstić information content (AvgIpc) is 2.96. The van der Waals surface area contributed by atoms with Gasteiger partial charge in [-0.05, 0) is 42.0 Å². The summed E-state index contributed by atoms with van der Waals surface area (Å²) in [6.07, 6.45) is 0. The monoisotopic (exact) mass is 409 g/mol. The minimum Gasteiger partial charge on any atom is -0.211 e. The summed E-state index contributed by atoms with van der Waals surface area (Å²) in [5, 5.41) is 14.6. The van der Waals surface area contributed by atoms with E-state index in [-0.39, 0.29) is 0 Å². The summed E-state index contributed by atoms with van der Waals surface area (Å²) < 4.78 is 3.13. The number of hydrogen-bond donors (Lipinski definition) is 0. The number of rotatable bonds is 4. The van der Waals surface area contributed by atoms with E-state index in [2.05, 4.69) is 11.2 Å². The largest absolute Gasteiger partial charge is 0.211 e. The summed E-state index contributed by atoms with van der Waals surface area (Å²) in [6, 6.07) is 15.0. The molecule has 0 amide bonds. The van der Waals surface area contributed by atoms with Crippen LogP contribution in [0, 0.1) is 15.3 Å². The normalized spacial score (nSPS) is 10.5. The topological polar surface area (TPSA) is 41.6 Å². The van der Waals surface area contributed by atoms with Gasteiger partial charge in [-0.1, -0.05) is 64.5 Å². The van der Waals surface area contributed by atoms with Gasteiger partial charge in [0.05, 0.1) is 27.4 Å². The Labute approximate surface area is 162 Å². The summed E-state index contributed by atoms with van der Waals surface area (Å²) in [5.74, 6) is 0.660. The highest BCUT2D eigenvalue weighted by Gasteiger charge is 2.09. The quantitative estimate of drug-likeness (QED) is 0.383. The molecule has 0 spiro atoms. The van der Waals surface area contributed by atoms with Crippen molar-refractivity contribution in [1.82, 2.24) is 9.78 Å². The molecule has 0 aliphatic carbocycles. The molecule has 1 aromatic heterocycles. The van der Waals surface area contributed by atoms with Crippen LogP contribution in [0.3, 0.4) is 0 Å². The van der Waals surface area contributed by atoms with E-state index in [9.17, 15) is 0 Å². The van der Waals surface area contributed by atoms with Crippen molar-refractivity contribution >= 4 is 58.5 Å². The predicted octanol–water partition coefficient (Wildman–Crippen LogP) is 6.13. The van der Waals surface area contributed by atoms with Crippen molar-refractivity contribution in [3.63, 3.8) is 0 Å². The lowest BCUT2D eigenvalue weighted by Gasteiger charge is -2.03. The zero-order valence-corrected chi connectivity index (χ0v) is 16.0. The van der Waals surface area contributed by atoms with Crippen LogP contribution >= 0.6 is 58.5 Å². The van der Waals surface area contributed by atoms with Crippen molar-refractivity contribution in [3.05, 3.63) is 67.6 Å². The fourth-order valence-corrected chi connectivity index (χ4v) is 4.65. The molecule has 3 rings (SSSR count). The van der Waals surface area contributed by atoms with E-state index >= 15 is 0 Å². The lowest BCUT2D eigenvalue weighted by Crippen LogP contribution is -1.96. The molecule has 0 saturated heterocycles. The molecule has 3 nitrogen and oxygen atoms in total. The third-order valence-electron chi connectivity index (χ3n) is 3.17. The highest BCUT2D eigenvalue weighted by Crippen LogP contribution is 2.30. The van der Waals surface area contributed by atoms with Crippen LogP contribution in [-0.4, -0.2) is 9.78 Å². The number of benzene rings is 2. The molecule has 0 N–H and O–H groups in total. The van der Waals surface area contributed by atoms with Crippen LogP contribution in [0.2, 0.25) is 10.0 Å². The molecule has 0 aliphatic heterocycles. The Bertz CT molecular complexity index is 989. The molecule has 0 bridgehead atoms. The van der Waals surface area contributed by atoms with Gasteiger partial charge in [-0.3, -0.25) is 0 Å². The Morgan fingerprint density at radius 2 is 2.00 bits per heavy atom. The summed E-state index contributed by atoms with van der Waals surface area (Å²) in [4.78, 5) is 0. The van der Waals surface area contributed by atoms with E-state index < -0.39 is 0 Å². The van der Waals surface area contributed by atoms with Crippen molar-refractivity contribution in [3.8, 4) is 11.8 Å². The van der Waals surface area contributed by atoms with Gasteiger partial charge in [-0.2, -0.15) is 5.26 Å². The lowest BCUT2D eigenvalue weighted by atomic mass is 10.1. The van der Waals surface area contributed by atoms with E-state index in [0.29, 0.717) is 25.3 Å². The minimum absolute atomic E-state index is 0.459. The third kappa shape index (κ3) is 3.82. The molecule has 0 fully saturated rings. The van der Waals surface area contributed by atoms with Gasteiger partial charge in [0.25, 0.3) is 0 Å². The Hall–Kier alpha value is -1.36. The standard InChI is InChI=1S/C16H9Cl2N3S3/c17-13-6-5-12(7-14(13)18)21-16(22)24-15(20-21)23-9-11-4-2-1-3-10(11)8-19/h1-7H,9H2. The minimum atomic E-state index is 0.459. The zero-order chi connectivity index (χ0) is 17.1. The molecule has 24 heavy (non-hydrogen) atoms. The second kappa shape index (κ2) is 7.68. The van der Waals surface area contributed by atoms with Crippen LogP contribution in [-0.2, 0) is 5.75 Å². The van der Waals surface area contributed by atoms with E-state index in [0.717, 1.165) is 15.6 Å². The number of thioether (sulfide) groups is 1. The molecule has 0 unspecified atom stereocenters. The summed E-state index contributed by atoms with van der Waals surface area (Å²) in [5.41, 5.74) is 2.43. The van der Waals surface area contributed by atoms with Crippen LogP contribution in [0.4, 0.5) is 0 Å². The van der Waals surface area contributed by atoms with Crippen molar-refractivity contribution < 1.29 is 0 Å². The Morgan fingerprint density at radius 3 is 2.75 bits per heavy atom. The number of halogens is 2. The van der Waals surface area contributed by atoms with Crippen molar-refractivity contribution in [1.29, 1.82) is 5.26 Å². The van der Waals surface area contributed by atoms with Gasteiger partial charge in [0, 0.05) is 5.75 Å². The SMILES string of the molecule is N#Cc1ccccc1CSc1nn(-c2ccc(Cl)c(Cl)c2)c(=S)s1. The van der Waals surface area contributed by atoms with Crippen LogP contribution in [0.5, 0.6) is 0 Å². The maximum Gasteiger partial charge on any atom is 0.184 e. The Balaban J connectivity index is 1.83. The van der Waals surface area contributed by atoms with Crippen molar-refractivity contribution in [2.45, 2.75) is 10.1 Å². The molecule has 2 aromatic carbocycles. The third-order valence-corrected chi connectivity index (χ3v) is 6.32. The van der Waals surface area contributed by atoms with Gasteiger partial charge >= 0.3 is 0 Å². The maximum absolute atomic E-state index is 9.14. The fourth-order valence-electron chi connectivity index (χ4n) is 1.99. The molecule has 0 radical (unpaired) electrons. The number of nitriles is 1. The summed E-state index contributed by atoms with van der Waals surface area (Å²) in [7, 11) is 0. The molecule has 1 heterocycles. The van der Waals surface area contributed by atoms with Crippen LogP contribution < -0.4 is 0 Å². The first-order valence-electron chi connectivity index (χ1n) is 6.75. The fraction of sp³-hybridized carbons (Fsp3) is 0.0625. The first-order valence-corrected chi connectivity index (χ1v) is 9.71. The molecular weight excluding hydrogens is 401 g/mol. The molecular formula is C16H9Cl2N3S3. The van der Waals surface area contributed by atoms with Crippen LogP contribution in [0.15, 0.2) is 46.8 Å².